The Hall–Kier alpha value is -2.24. The van der Waals surface area contributed by atoms with Crippen LogP contribution < -0.4 is 15.0 Å². The summed E-state index contributed by atoms with van der Waals surface area (Å²) in [7, 11) is 0. The molecule has 5 nitrogen and oxygen atoms in total. The van der Waals surface area contributed by atoms with Crippen LogP contribution >= 0.6 is 23.2 Å². The maximum absolute atomic E-state index is 12.6. The van der Waals surface area contributed by atoms with Crippen molar-refractivity contribution in [3.05, 3.63) is 52.5 Å². The fourth-order valence-corrected chi connectivity index (χ4v) is 3.16. The lowest BCUT2D eigenvalue weighted by molar-refractivity contribution is -0.122. The van der Waals surface area contributed by atoms with Gasteiger partial charge < -0.3 is 15.0 Å². The first kappa shape index (κ1) is 18.5. The van der Waals surface area contributed by atoms with Gasteiger partial charge in [0.15, 0.2) is 0 Å². The summed E-state index contributed by atoms with van der Waals surface area (Å²) in [5.41, 5.74) is 1.23. The second-order valence-corrected chi connectivity index (χ2v) is 6.74. The monoisotopic (exact) mass is 392 g/mol. The first-order valence-corrected chi connectivity index (χ1v) is 9.03. The average Bonchev–Trinajstić information content (AvgIpc) is 3.01. The quantitative estimate of drug-likeness (QED) is 0.820. The van der Waals surface area contributed by atoms with Gasteiger partial charge in [-0.25, -0.2) is 0 Å². The molecule has 0 radical (unpaired) electrons. The number of ether oxygens (including phenoxy) is 1. The Morgan fingerprint density at radius 2 is 2.00 bits per heavy atom. The van der Waals surface area contributed by atoms with E-state index >= 15 is 0 Å². The number of nitrogens with zero attached hydrogens (tertiary/aromatic N) is 1. The number of hydrogen-bond donors (Lipinski definition) is 1. The molecule has 0 aromatic heterocycles. The minimum atomic E-state index is -0.452. The summed E-state index contributed by atoms with van der Waals surface area (Å²) >= 11 is 12.0. The maximum atomic E-state index is 12.6. The molecule has 0 aliphatic carbocycles. The van der Waals surface area contributed by atoms with E-state index in [9.17, 15) is 9.59 Å². The van der Waals surface area contributed by atoms with Crippen LogP contribution in [0.15, 0.2) is 42.5 Å². The van der Waals surface area contributed by atoms with Crippen molar-refractivity contribution >= 4 is 46.4 Å². The molecule has 0 saturated carbocycles. The highest BCUT2D eigenvalue weighted by Gasteiger charge is 2.35. The topological polar surface area (TPSA) is 58.6 Å². The molecular formula is C19H18Cl2N2O3. The first-order valence-electron chi connectivity index (χ1n) is 8.27. The molecule has 3 rings (SSSR count). The molecule has 1 unspecified atom stereocenters. The SMILES string of the molecule is CCOc1ccccc1NC(=O)C1CC(=O)N(c2ccc(Cl)c(Cl)c2)C1. The van der Waals surface area contributed by atoms with Gasteiger partial charge in [0.2, 0.25) is 11.8 Å². The lowest BCUT2D eigenvalue weighted by Gasteiger charge is -2.18. The number of benzene rings is 2. The molecule has 1 N–H and O–H groups in total. The van der Waals surface area contributed by atoms with Gasteiger partial charge >= 0.3 is 0 Å². The van der Waals surface area contributed by atoms with E-state index in [-0.39, 0.29) is 18.2 Å². The molecule has 1 aliphatic heterocycles. The van der Waals surface area contributed by atoms with Gasteiger partial charge in [-0.05, 0) is 37.3 Å². The number of amides is 2. The van der Waals surface area contributed by atoms with E-state index < -0.39 is 5.92 Å². The summed E-state index contributed by atoms with van der Waals surface area (Å²) < 4.78 is 5.52. The van der Waals surface area contributed by atoms with E-state index in [4.69, 9.17) is 27.9 Å². The summed E-state index contributed by atoms with van der Waals surface area (Å²) in [6.07, 6.45) is 0.142. The van der Waals surface area contributed by atoms with Crippen molar-refractivity contribution in [2.45, 2.75) is 13.3 Å². The molecular weight excluding hydrogens is 375 g/mol. The number of carbonyl (C=O) groups is 2. The number of nitrogens with one attached hydrogen (secondary N) is 1. The molecule has 2 amide bonds. The predicted octanol–water partition coefficient (Wildman–Crippen LogP) is 4.38. The highest BCUT2D eigenvalue weighted by atomic mass is 35.5. The maximum Gasteiger partial charge on any atom is 0.229 e. The minimum Gasteiger partial charge on any atom is -0.492 e. The van der Waals surface area contributed by atoms with E-state index in [1.807, 2.05) is 19.1 Å². The smallest absolute Gasteiger partial charge is 0.229 e. The number of halogens is 2. The number of anilines is 2. The van der Waals surface area contributed by atoms with Gasteiger partial charge in [-0.2, -0.15) is 0 Å². The third-order valence-electron chi connectivity index (χ3n) is 4.16. The molecule has 26 heavy (non-hydrogen) atoms. The van der Waals surface area contributed by atoms with Crippen molar-refractivity contribution in [2.75, 3.05) is 23.4 Å². The zero-order valence-corrected chi connectivity index (χ0v) is 15.7. The number of hydrogen-bond acceptors (Lipinski definition) is 3. The Morgan fingerprint density at radius 3 is 2.73 bits per heavy atom. The van der Waals surface area contributed by atoms with Crippen LogP contribution in [-0.2, 0) is 9.59 Å². The lowest BCUT2D eigenvalue weighted by Crippen LogP contribution is -2.28. The summed E-state index contributed by atoms with van der Waals surface area (Å²) in [5.74, 6) is -0.185. The zero-order valence-electron chi connectivity index (χ0n) is 14.2. The third kappa shape index (κ3) is 3.94. The van der Waals surface area contributed by atoms with Crippen LogP contribution in [0.4, 0.5) is 11.4 Å². The van der Waals surface area contributed by atoms with E-state index in [0.717, 1.165) is 0 Å². The molecule has 2 aromatic rings. The van der Waals surface area contributed by atoms with Crippen molar-refractivity contribution in [1.29, 1.82) is 0 Å². The lowest BCUT2D eigenvalue weighted by atomic mass is 10.1. The Morgan fingerprint density at radius 1 is 1.23 bits per heavy atom. The highest BCUT2D eigenvalue weighted by Crippen LogP contribution is 2.32. The van der Waals surface area contributed by atoms with Crippen LogP contribution in [0.1, 0.15) is 13.3 Å². The molecule has 136 valence electrons. The van der Waals surface area contributed by atoms with E-state index in [1.165, 1.54) is 0 Å². The summed E-state index contributed by atoms with van der Waals surface area (Å²) in [6, 6.07) is 12.2. The second kappa shape index (κ2) is 7.98. The van der Waals surface area contributed by atoms with Gasteiger partial charge in [-0.3, -0.25) is 9.59 Å². The summed E-state index contributed by atoms with van der Waals surface area (Å²) in [5, 5.41) is 3.65. The molecule has 2 aromatic carbocycles. The molecule has 1 heterocycles. The number of rotatable bonds is 5. The normalized spacial score (nSPS) is 16.7. The molecule has 1 atom stereocenters. The molecule has 1 aliphatic rings. The van der Waals surface area contributed by atoms with Crippen LogP contribution in [0.2, 0.25) is 10.0 Å². The van der Waals surface area contributed by atoms with E-state index in [0.29, 0.717) is 40.3 Å². The van der Waals surface area contributed by atoms with E-state index in [1.54, 1.807) is 35.2 Å². The Labute approximate surface area is 161 Å². The number of para-hydroxylation sites is 2. The fourth-order valence-electron chi connectivity index (χ4n) is 2.87. The summed E-state index contributed by atoms with van der Waals surface area (Å²) in [4.78, 5) is 26.5. The Bertz CT molecular complexity index is 841. The largest absolute Gasteiger partial charge is 0.492 e. The average molecular weight is 393 g/mol. The second-order valence-electron chi connectivity index (χ2n) is 5.92. The molecule has 0 bridgehead atoms. The van der Waals surface area contributed by atoms with Gasteiger partial charge in [0.1, 0.15) is 5.75 Å². The van der Waals surface area contributed by atoms with Crippen LogP contribution in [0.25, 0.3) is 0 Å². The van der Waals surface area contributed by atoms with Gasteiger partial charge in [-0.1, -0.05) is 35.3 Å². The van der Waals surface area contributed by atoms with Gasteiger partial charge in [-0.15, -0.1) is 0 Å². The third-order valence-corrected chi connectivity index (χ3v) is 4.89. The van der Waals surface area contributed by atoms with Crippen molar-refractivity contribution in [3.63, 3.8) is 0 Å². The van der Waals surface area contributed by atoms with Crippen molar-refractivity contribution in [2.24, 2.45) is 5.92 Å². The molecule has 1 saturated heterocycles. The van der Waals surface area contributed by atoms with Crippen molar-refractivity contribution < 1.29 is 14.3 Å². The van der Waals surface area contributed by atoms with Crippen LogP contribution in [0.3, 0.4) is 0 Å². The van der Waals surface area contributed by atoms with Crippen molar-refractivity contribution in [1.82, 2.24) is 0 Å². The first-order chi connectivity index (χ1) is 12.5. The Balaban J connectivity index is 1.72. The fraction of sp³-hybridized carbons (Fsp3) is 0.263. The number of carbonyl (C=O) groups excluding carboxylic acids is 2. The minimum absolute atomic E-state index is 0.123. The van der Waals surface area contributed by atoms with Crippen LogP contribution in [-0.4, -0.2) is 25.0 Å². The van der Waals surface area contributed by atoms with Crippen LogP contribution in [0, 0.1) is 5.92 Å². The predicted molar refractivity (Wildman–Crippen MR) is 103 cm³/mol. The van der Waals surface area contributed by atoms with Crippen LogP contribution in [0.5, 0.6) is 5.75 Å². The van der Waals surface area contributed by atoms with Gasteiger partial charge in [0.05, 0.1) is 28.3 Å². The zero-order chi connectivity index (χ0) is 18.7. The molecule has 1 fully saturated rings. The summed E-state index contributed by atoms with van der Waals surface area (Å²) in [6.45, 7) is 2.67. The highest BCUT2D eigenvalue weighted by molar-refractivity contribution is 6.42. The molecule has 0 spiro atoms. The van der Waals surface area contributed by atoms with E-state index in [2.05, 4.69) is 5.32 Å². The Kier molecular flexibility index (Phi) is 5.69. The molecule has 7 heteroatoms. The van der Waals surface area contributed by atoms with Gasteiger partial charge in [0.25, 0.3) is 0 Å². The van der Waals surface area contributed by atoms with Gasteiger partial charge in [0, 0.05) is 18.7 Å². The van der Waals surface area contributed by atoms with Crippen molar-refractivity contribution in [3.8, 4) is 5.75 Å². The standard InChI is InChI=1S/C19H18Cl2N2O3/c1-2-26-17-6-4-3-5-16(17)22-19(25)12-9-18(24)23(11-12)13-7-8-14(20)15(21)10-13/h3-8,10,12H,2,9,11H2,1H3,(H,22,25).